The Kier molecular flexibility index (Phi) is 8.10. The van der Waals surface area contributed by atoms with Crippen LogP contribution in [0.15, 0.2) is 36.4 Å². The second kappa shape index (κ2) is 10.6. The first-order chi connectivity index (χ1) is 16.8. The predicted octanol–water partition coefficient (Wildman–Crippen LogP) is 5.65. The van der Waals surface area contributed by atoms with Crippen LogP contribution in [0, 0.1) is 11.7 Å². The summed E-state index contributed by atoms with van der Waals surface area (Å²) in [5.41, 5.74) is -3.10. The number of hydrogen-bond donors (Lipinski definition) is 2. The van der Waals surface area contributed by atoms with Crippen LogP contribution in [0.25, 0.3) is 0 Å². The van der Waals surface area contributed by atoms with Crippen LogP contribution in [0.4, 0.5) is 9.18 Å². The third-order valence-corrected chi connectivity index (χ3v) is 6.77. The summed E-state index contributed by atoms with van der Waals surface area (Å²) in [6.45, 7) is 7.74. The van der Waals surface area contributed by atoms with Crippen molar-refractivity contribution in [2.75, 3.05) is 13.1 Å². The van der Waals surface area contributed by atoms with Gasteiger partial charge in [-0.15, -0.1) is 0 Å². The summed E-state index contributed by atoms with van der Waals surface area (Å²) in [7, 11) is 0. The number of rotatable bonds is 6. The molecule has 1 aliphatic rings. The molecule has 0 radical (unpaired) electrons. The maximum Gasteiger partial charge on any atom is 0.410 e. The smallest absolute Gasteiger partial charge is 0.410 e. The van der Waals surface area contributed by atoms with Crippen LogP contribution in [0.2, 0.25) is 5.02 Å². The Hall–Kier alpha value is -2.97. The number of halogens is 2. The fourth-order valence-corrected chi connectivity index (χ4v) is 4.72. The van der Waals surface area contributed by atoms with E-state index < -0.39 is 46.0 Å². The molecule has 3 rings (SSSR count). The minimum atomic E-state index is -1.55. The molecule has 1 amide bonds. The van der Waals surface area contributed by atoms with E-state index in [0.29, 0.717) is 31.0 Å². The van der Waals surface area contributed by atoms with Crippen molar-refractivity contribution in [1.29, 1.82) is 0 Å². The van der Waals surface area contributed by atoms with Crippen LogP contribution in [-0.4, -0.2) is 51.6 Å². The standard InChI is InChI=1S/C27H31ClFNO6/c1-5-27(35,17-10-12-30(13-11-17)25(34)36-26(2,3)4)18-14-20(24(32)33)22(21(29)15-18)23(31)16-6-8-19(28)9-7-16/h6-9,14-15,17,35H,5,10-13H2,1-4H3,(H,32,33). The highest BCUT2D eigenvalue weighted by molar-refractivity contribution is 6.30. The van der Waals surface area contributed by atoms with Gasteiger partial charge in [-0.2, -0.15) is 0 Å². The average Bonchev–Trinajstić information content (AvgIpc) is 2.82. The zero-order valence-corrected chi connectivity index (χ0v) is 21.6. The summed E-state index contributed by atoms with van der Waals surface area (Å²) in [6, 6.07) is 7.93. The summed E-state index contributed by atoms with van der Waals surface area (Å²) in [6.07, 6.45) is 0.579. The van der Waals surface area contributed by atoms with E-state index in [4.69, 9.17) is 16.3 Å². The van der Waals surface area contributed by atoms with Gasteiger partial charge in [-0.1, -0.05) is 18.5 Å². The van der Waals surface area contributed by atoms with Gasteiger partial charge in [0.1, 0.15) is 11.4 Å². The minimum Gasteiger partial charge on any atom is -0.478 e. The first-order valence-corrected chi connectivity index (χ1v) is 12.2. The highest BCUT2D eigenvalue weighted by Crippen LogP contribution is 2.41. The number of piperidine rings is 1. The number of nitrogens with zero attached hydrogens (tertiary/aromatic N) is 1. The normalized spacial score (nSPS) is 16.4. The molecule has 36 heavy (non-hydrogen) atoms. The number of carboxylic acid groups (broad SMARTS) is 1. The lowest BCUT2D eigenvalue weighted by molar-refractivity contribution is -0.0548. The number of likely N-dealkylation sites (tertiary alicyclic amines) is 1. The molecule has 9 heteroatoms. The van der Waals surface area contributed by atoms with Crippen molar-refractivity contribution in [3.8, 4) is 0 Å². The highest BCUT2D eigenvalue weighted by Gasteiger charge is 2.41. The van der Waals surface area contributed by atoms with Gasteiger partial charge in [0, 0.05) is 23.7 Å². The SMILES string of the molecule is CCC(O)(c1cc(F)c(C(=O)c2ccc(Cl)cc2)c(C(=O)O)c1)C1CCN(C(=O)OC(C)(C)C)CC1. The number of aliphatic hydroxyl groups is 1. The van der Waals surface area contributed by atoms with Crippen molar-refractivity contribution in [3.05, 3.63) is 69.5 Å². The Morgan fingerprint density at radius 3 is 2.19 bits per heavy atom. The molecule has 1 saturated heterocycles. The fraction of sp³-hybridized carbons (Fsp3) is 0.444. The summed E-state index contributed by atoms with van der Waals surface area (Å²) >= 11 is 5.85. The number of ether oxygens (including phenoxy) is 1. The Morgan fingerprint density at radius 1 is 1.11 bits per heavy atom. The van der Waals surface area contributed by atoms with E-state index >= 15 is 4.39 Å². The van der Waals surface area contributed by atoms with E-state index in [9.17, 15) is 24.6 Å². The molecule has 7 nitrogen and oxygen atoms in total. The number of carbonyl (C=O) groups excluding carboxylic acids is 2. The van der Waals surface area contributed by atoms with Gasteiger partial charge in [-0.05, 0) is 87.9 Å². The van der Waals surface area contributed by atoms with E-state index in [1.54, 1.807) is 32.6 Å². The molecule has 1 aliphatic heterocycles. The number of amides is 1. The molecule has 1 atom stereocenters. The second-order valence-corrected chi connectivity index (χ2v) is 10.5. The van der Waals surface area contributed by atoms with Gasteiger partial charge in [-0.25, -0.2) is 14.0 Å². The number of aromatic carboxylic acids is 1. The molecular formula is C27H31ClFNO6. The van der Waals surface area contributed by atoms with Crippen LogP contribution >= 0.6 is 11.6 Å². The summed E-state index contributed by atoms with van der Waals surface area (Å²) in [4.78, 5) is 39.0. The summed E-state index contributed by atoms with van der Waals surface area (Å²) in [5.74, 6) is -3.66. The van der Waals surface area contributed by atoms with Crippen molar-refractivity contribution < 1.29 is 33.7 Å². The number of benzene rings is 2. The molecule has 1 heterocycles. The van der Waals surface area contributed by atoms with Crippen molar-refractivity contribution in [1.82, 2.24) is 4.90 Å². The van der Waals surface area contributed by atoms with Crippen molar-refractivity contribution in [2.24, 2.45) is 5.92 Å². The van der Waals surface area contributed by atoms with E-state index in [0.717, 1.165) is 6.07 Å². The molecular weight excluding hydrogens is 489 g/mol. The number of carboxylic acids is 1. The van der Waals surface area contributed by atoms with Crippen LogP contribution in [0.3, 0.4) is 0 Å². The van der Waals surface area contributed by atoms with Crippen molar-refractivity contribution in [3.63, 3.8) is 0 Å². The van der Waals surface area contributed by atoms with Crippen LogP contribution < -0.4 is 0 Å². The maximum atomic E-state index is 15.4. The largest absolute Gasteiger partial charge is 0.478 e. The Balaban J connectivity index is 1.91. The third kappa shape index (κ3) is 5.87. The second-order valence-electron chi connectivity index (χ2n) is 10.0. The van der Waals surface area contributed by atoms with E-state index in [-0.39, 0.29) is 23.5 Å². The molecule has 2 N–H and O–H groups in total. The quantitative estimate of drug-likeness (QED) is 0.478. The molecule has 0 aromatic heterocycles. The molecule has 0 aliphatic carbocycles. The lowest BCUT2D eigenvalue weighted by Gasteiger charge is -2.41. The zero-order chi connectivity index (χ0) is 26.8. The average molecular weight is 520 g/mol. The lowest BCUT2D eigenvalue weighted by Crippen LogP contribution is -2.46. The fourth-order valence-electron chi connectivity index (χ4n) is 4.60. The van der Waals surface area contributed by atoms with Crippen LogP contribution in [0.5, 0.6) is 0 Å². The van der Waals surface area contributed by atoms with E-state index in [2.05, 4.69) is 0 Å². The summed E-state index contributed by atoms with van der Waals surface area (Å²) < 4.78 is 20.8. The van der Waals surface area contributed by atoms with Gasteiger partial charge in [0.25, 0.3) is 0 Å². The van der Waals surface area contributed by atoms with Gasteiger partial charge in [-0.3, -0.25) is 4.79 Å². The van der Waals surface area contributed by atoms with E-state index in [1.807, 2.05) is 0 Å². The first kappa shape index (κ1) is 27.6. The monoisotopic (exact) mass is 519 g/mol. The van der Waals surface area contributed by atoms with E-state index in [1.165, 1.54) is 30.3 Å². The van der Waals surface area contributed by atoms with Gasteiger partial charge >= 0.3 is 12.1 Å². The van der Waals surface area contributed by atoms with Crippen LogP contribution in [-0.2, 0) is 10.3 Å². The van der Waals surface area contributed by atoms with Crippen LogP contribution in [0.1, 0.15) is 78.8 Å². The molecule has 2 aromatic carbocycles. The van der Waals surface area contributed by atoms with Gasteiger partial charge < -0.3 is 19.8 Å². The molecule has 1 fully saturated rings. The van der Waals surface area contributed by atoms with Crippen molar-refractivity contribution in [2.45, 2.75) is 58.2 Å². The Bertz CT molecular complexity index is 1150. The molecule has 194 valence electrons. The van der Waals surface area contributed by atoms with Crippen molar-refractivity contribution >= 4 is 29.4 Å². The molecule has 2 aromatic rings. The molecule has 0 bridgehead atoms. The first-order valence-electron chi connectivity index (χ1n) is 11.8. The lowest BCUT2D eigenvalue weighted by atomic mass is 9.73. The van der Waals surface area contributed by atoms with Gasteiger partial charge in [0.15, 0.2) is 5.78 Å². The van der Waals surface area contributed by atoms with Gasteiger partial charge in [0.05, 0.1) is 16.7 Å². The Morgan fingerprint density at radius 2 is 1.69 bits per heavy atom. The maximum absolute atomic E-state index is 15.4. The molecule has 0 spiro atoms. The predicted molar refractivity (Wildman–Crippen MR) is 133 cm³/mol. The third-order valence-electron chi connectivity index (χ3n) is 6.52. The molecule has 0 saturated carbocycles. The zero-order valence-electron chi connectivity index (χ0n) is 20.8. The topological polar surface area (TPSA) is 104 Å². The summed E-state index contributed by atoms with van der Waals surface area (Å²) in [5, 5.41) is 21.8. The van der Waals surface area contributed by atoms with Gasteiger partial charge in [0.2, 0.25) is 0 Å². The Labute approximate surface area is 214 Å². The molecule has 1 unspecified atom stereocenters. The number of carbonyl (C=O) groups is 3. The minimum absolute atomic E-state index is 0.0864. The number of ketones is 1. The highest BCUT2D eigenvalue weighted by atomic mass is 35.5. The number of hydrogen-bond acceptors (Lipinski definition) is 5.